The van der Waals surface area contributed by atoms with Gasteiger partial charge < -0.3 is 15.9 Å². The van der Waals surface area contributed by atoms with E-state index in [0.717, 1.165) is 12.0 Å². The topological polar surface area (TPSA) is 66.5 Å². The Balaban J connectivity index is 3.18. The zero-order valence-electron chi connectivity index (χ0n) is 8.62. The van der Waals surface area contributed by atoms with Crippen LogP contribution in [0.15, 0.2) is 18.2 Å². The molecular formula is C11H17NO2. The van der Waals surface area contributed by atoms with Gasteiger partial charge in [-0.2, -0.15) is 0 Å². The van der Waals surface area contributed by atoms with Crippen LogP contribution >= 0.6 is 0 Å². The summed E-state index contributed by atoms with van der Waals surface area (Å²) < 4.78 is 0. The minimum absolute atomic E-state index is 0.0346. The molecule has 0 saturated heterocycles. The minimum Gasteiger partial charge on any atom is -0.508 e. The molecule has 1 unspecified atom stereocenters. The van der Waals surface area contributed by atoms with Crippen LogP contribution in [0.5, 0.6) is 5.75 Å². The number of phenols is 1. The van der Waals surface area contributed by atoms with E-state index in [0.29, 0.717) is 5.56 Å². The highest BCUT2D eigenvalue weighted by Crippen LogP contribution is 2.30. The molecule has 1 aromatic rings. The fourth-order valence-corrected chi connectivity index (χ4v) is 1.33. The molecule has 14 heavy (non-hydrogen) atoms. The van der Waals surface area contributed by atoms with Crippen molar-refractivity contribution in [2.24, 2.45) is 5.73 Å². The van der Waals surface area contributed by atoms with E-state index in [1.165, 1.54) is 0 Å². The van der Waals surface area contributed by atoms with Crippen LogP contribution in [0, 0.1) is 0 Å². The lowest BCUT2D eigenvalue weighted by molar-refractivity contribution is 0.281. The van der Waals surface area contributed by atoms with Crippen LogP contribution in [0.4, 0.5) is 0 Å². The molecule has 4 N–H and O–H groups in total. The highest BCUT2D eigenvalue weighted by molar-refractivity contribution is 5.40. The molecule has 3 heteroatoms. The lowest BCUT2D eigenvalue weighted by atomic mass is 9.89. The van der Waals surface area contributed by atoms with E-state index in [-0.39, 0.29) is 12.4 Å². The number of phenolic OH excluding ortho intramolecular Hbond substituents is 1. The van der Waals surface area contributed by atoms with Gasteiger partial charge in [-0.05, 0) is 31.0 Å². The number of aromatic hydroxyl groups is 1. The van der Waals surface area contributed by atoms with Crippen molar-refractivity contribution in [3.8, 4) is 5.75 Å². The Bertz CT molecular complexity index is 321. The van der Waals surface area contributed by atoms with Crippen molar-refractivity contribution in [2.75, 3.05) is 0 Å². The second-order valence-corrected chi connectivity index (χ2v) is 3.78. The minimum atomic E-state index is -0.546. The van der Waals surface area contributed by atoms with Gasteiger partial charge in [-0.25, -0.2) is 0 Å². The standard InChI is InChI=1S/C11H17NO2/c1-3-11(2,12)9-6-8(7-13)4-5-10(9)14/h4-6,13-14H,3,7,12H2,1-2H3. The van der Waals surface area contributed by atoms with Crippen molar-refractivity contribution >= 4 is 0 Å². The molecule has 0 aliphatic carbocycles. The Morgan fingerprint density at radius 2 is 2.07 bits per heavy atom. The van der Waals surface area contributed by atoms with E-state index in [2.05, 4.69) is 0 Å². The molecule has 3 nitrogen and oxygen atoms in total. The Kier molecular flexibility index (Phi) is 3.13. The molecule has 1 atom stereocenters. The van der Waals surface area contributed by atoms with E-state index in [4.69, 9.17) is 10.8 Å². The third-order valence-electron chi connectivity index (χ3n) is 2.59. The van der Waals surface area contributed by atoms with Crippen LogP contribution in [-0.4, -0.2) is 10.2 Å². The quantitative estimate of drug-likeness (QED) is 0.684. The molecule has 0 bridgehead atoms. The maximum absolute atomic E-state index is 9.64. The van der Waals surface area contributed by atoms with E-state index >= 15 is 0 Å². The molecule has 0 aromatic heterocycles. The first-order chi connectivity index (χ1) is 6.51. The normalized spacial score (nSPS) is 15.1. The second-order valence-electron chi connectivity index (χ2n) is 3.78. The lowest BCUT2D eigenvalue weighted by Crippen LogP contribution is -2.32. The summed E-state index contributed by atoms with van der Waals surface area (Å²) in [5.74, 6) is 0.189. The predicted molar refractivity (Wildman–Crippen MR) is 55.9 cm³/mol. The summed E-state index contributed by atoms with van der Waals surface area (Å²) in [6, 6.07) is 5.01. The van der Waals surface area contributed by atoms with Crippen molar-refractivity contribution < 1.29 is 10.2 Å². The van der Waals surface area contributed by atoms with Gasteiger partial charge >= 0.3 is 0 Å². The first-order valence-electron chi connectivity index (χ1n) is 4.73. The Morgan fingerprint density at radius 1 is 1.43 bits per heavy atom. The van der Waals surface area contributed by atoms with Crippen molar-refractivity contribution in [3.63, 3.8) is 0 Å². The Morgan fingerprint density at radius 3 is 2.57 bits per heavy atom. The third-order valence-corrected chi connectivity index (χ3v) is 2.59. The van der Waals surface area contributed by atoms with Gasteiger partial charge in [-0.1, -0.05) is 13.0 Å². The Hall–Kier alpha value is -1.06. The van der Waals surface area contributed by atoms with Gasteiger partial charge in [-0.15, -0.1) is 0 Å². The monoisotopic (exact) mass is 195 g/mol. The molecule has 0 saturated carbocycles. The van der Waals surface area contributed by atoms with Crippen LogP contribution in [0.1, 0.15) is 31.4 Å². The van der Waals surface area contributed by atoms with Gasteiger partial charge in [-0.3, -0.25) is 0 Å². The number of nitrogens with two attached hydrogens (primary N) is 1. The molecule has 1 rings (SSSR count). The largest absolute Gasteiger partial charge is 0.508 e. The highest BCUT2D eigenvalue weighted by Gasteiger charge is 2.22. The van der Waals surface area contributed by atoms with Crippen LogP contribution < -0.4 is 5.73 Å². The van der Waals surface area contributed by atoms with Crippen molar-refractivity contribution in [1.29, 1.82) is 0 Å². The van der Waals surface area contributed by atoms with Gasteiger partial charge in [0.25, 0.3) is 0 Å². The van der Waals surface area contributed by atoms with Crippen molar-refractivity contribution in [3.05, 3.63) is 29.3 Å². The number of rotatable bonds is 3. The molecular weight excluding hydrogens is 178 g/mol. The van der Waals surface area contributed by atoms with Crippen molar-refractivity contribution in [1.82, 2.24) is 0 Å². The number of hydrogen-bond donors (Lipinski definition) is 3. The van der Waals surface area contributed by atoms with Crippen LogP contribution in [0.2, 0.25) is 0 Å². The zero-order chi connectivity index (χ0) is 10.8. The first-order valence-corrected chi connectivity index (χ1v) is 4.73. The van der Waals surface area contributed by atoms with Crippen LogP contribution in [0.3, 0.4) is 0 Å². The summed E-state index contributed by atoms with van der Waals surface area (Å²) in [6.45, 7) is 3.79. The first kappa shape index (κ1) is 11.0. The molecule has 0 aliphatic rings. The fraction of sp³-hybridized carbons (Fsp3) is 0.455. The van der Waals surface area contributed by atoms with Crippen LogP contribution in [0.25, 0.3) is 0 Å². The molecule has 0 aliphatic heterocycles. The van der Waals surface area contributed by atoms with E-state index in [1.807, 2.05) is 13.8 Å². The predicted octanol–water partition coefficient (Wildman–Crippen LogP) is 1.47. The average molecular weight is 195 g/mol. The molecule has 0 fully saturated rings. The number of aliphatic hydroxyl groups excluding tert-OH is 1. The number of hydrogen-bond acceptors (Lipinski definition) is 3. The molecule has 0 spiro atoms. The maximum Gasteiger partial charge on any atom is 0.120 e. The maximum atomic E-state index is 9.64. The Labute approximate surface area is 84.2 Å². The summed E-state index contributed by atoms with van der Waals surface area (Å²) in [7, 11) is 0. The SMILES string of the molecule is CCC(C)(N)c1cc(CO)ccc1O. The summed E-state index contributed by atoms with van der Waals surface area (Å²) in [5.41, 5.74) is 6.93. The van der Waals surface area contributed by atoms with Crippen molar-refractivity contribution in [2.45, 2.75) is 32.4 Å². The van der Waals surface area contributed by atoms with Gasteiger partial charge in [0.2, 0.25) is 0 Å². The van der Waals surface area contributed by atoms with E-state index < -0.39 is 5.54 Å². The van der Waals surface area contributed by atoms with Gasteiger partial charge in [0.05, 0.1) is 6.61 Å². The van der Waals surface area contributed by atoms with Gasteiger partial charge in [0.1, 0.15) is 5.75 Å². The van der Waals surface area contributed by atoms with Gasteiger partial charge in [0.15, 0.2) is 0 Å². The van der Waals surface area contributed by atoms with E-state index in [9.17, 15) is 5.11 Å². The summed E-state index contributed by atoms with van der Waals surface area (Å²) in [6.07, 6.45) is 0.732. The van der Waals surface area contributed by atoms with Gasteiger partial charge in [0, 0.05) is 11.1 Å². The smallest absolute Gasteiger partial charge is 0.120 e. The number of benzene rings is 1. The highest BCUT2D eigenvalue weighted by atomic mass is 16.3. The summed E-state index contributed by atoms with van der Waals surface area (Å²) >= 11 is 0. The molecule has 0 amide bonds. The second kappa shape index (κ2) is 3.98. The molecule has 0 heterocycles. The summed E-state index contributed by atoms with van der Waals surface area (Å²) in [5, 5.41) is 18.6. The number of aliphatic hydroxyl groups is 1. The third kappa shape index (κ3) is 2.05. The zero-order valence-corrected chi connectivity index (χ0v) is 8.62. The molecule has 1 aromatic carbocycles. The summed E-state index contributed by atoms with van der Waals surface area (Å²) in [4.78, 5) is 0. The average Bonchev–Trinajstić information content (AvgIpc) is 2.18. The van der Waals surface area contributed by atoms with Crippen LogP contribution in [-0.2, 0) is 12.1 Å². The fourth-order valence-electron chi connectivity index (χ4n) is 1.33. The molecule has 0 radical (unpaired) electrons. The lowest BCUT2D eigenvalue weighted by Gasteiger charge is -2.24. The van der Waals surface area contributed by atoms with E-state index in [1.54, 1.807) is 18.2 Å². The molecule has 78 valence electrons.